The van der Waals surface area contributed by atoms with E-state index in [2.05, 4.69) is 15.6 Å². The van der Waals surface area contributed by atoms with Crippen LogP contribution in [0.3, 0.4) is 0 Å². The van der Waals surface area contributed by atoms with E-state index in [0.29, 0.717) is 0 Å². The van der Waals surface area contributed by atoms with Gasteiger partial charge in [0.25, 0.3) is 5.91 Å². The van der Waals surface area contributed by atoms with Gasteiger partial charge in [0.05, 0.1) is 28.2 Å². The molecule has 3 amide bonds. The highest BCUT2D eigenvalue weighted by atomic mass is 32.1. The summed E-state index contributed by atoms with van der Waals surface area (Å²) in [4.78, 5) is 46.1. The average Bonchev–Trinajstić information content (AvgIpc) is 3.28. The zero-order chi connectivity index (χ0) is 27.8. The van der Waals surface area contributed by atoms with Crippen LogP contribution in [0.2, 0.25) is 0 Å². The number of β-amino-alcohol motifs (C(OH)–C–C–N with tert-alkyl or cyclic N) is 1. The van der Waals surface area contributed by atoms with E-state index in [9.17, 15) is 23.9 Å². The maximum absolute atomic E-state index is 14.4. The highest BCUT2D eigenvalue weighted by molar-refractivity contribution is 7.13. The van der Waals surface area contributed by atoms with Crippen molar-refractivity contribution in [1.29, 1.82) is 0 Å². The van der Waals surface area contributed by atoms with Crippen molar-refractivity contribution in [3.63, 3.8) is 0 Å². The molecule has 1 saturated carbocycles. The average molecular weight is 546 g/mol. The van der Waals surface area contributed by atoms with Gasteiger partial charge in [0, 0.05) is 19.5 Å². The SMILES string of the molecule is Cc1ncsc1-c1ccc([C@@H](CN)NC(=O)[C@@H]2C[C@@H](O)CN2C(=O)[C@@H](NC(=O)C2(F)CC2)C(C)(C)C)cc1. The van der Waals surface area contributed by atoms with Gasteiger partial charge < -0.3 is 26.4 Å². The van der Waals surface area contributed by atoms with Gasteiger partial charge in [0.1, 0.15) is 12.1 Å². The molecular weight excluding hydrogens is 509 g/mol. The number of carbonyl (C=O) groups excluding carboxylic acids is 3. The van der Waals surface area contributed by atoms with E-state index in [0.717, 1.165) is 21.7 Å². The predicted octanol–water partition coefficient (Wildman–Crippen LogP) is 2.23. The molecule has 11 heteroatoms. The Hall–Kier alpha value is -2.89. The molecule has 1 aliphatic heterocycles. The van der Waals surface area contributed by atoms with E-state index in [1.54, 1.807) is 37.6 Å². The monoisotopic (exact) mass is 545 g/mol. The fourth-order valence-electron chi connectivity index (χ4n) is 4.71. The van der Waals surface area contributed by atoms with Gasteiger partial charge in [0.15, 0.2) is 5.67 Å². The maximum atomic E-state index is 14.4. The Morgan fingerprint density at radius 3 is 2.42 bits per heavy atom. The first-order valence-corrected chi connectivity index (χ1v) is 13.7. The molecule has 9 nitrogen and oxygen atoms in total. The summed E-state index contributed by atoms with van der Waals surface area (Å²) in [7, 11) is 0. The van der Waals surface area contributed by atoms with Crippen molar-refractivity contribution in [2.45, 2.75) is 76.9 Å². The lowest BCUT2D eigenvalue weighted by Crippen LogP contribution is -2.59. The summed E-state index contributed by atoms with van der Waals surface area (Å²) in [5, 5.41) is 15.9. The summed E-state index contributed by atoms with van der Waals surface area (Å²) >= 11 is 1.55. The predicted molar refractivity (Wildman–Crippen MR) is 143 cm³/mol. The number of amides is 3. The first kappa shape index (κ1) is 28.1. The van der Waals surface area contributed by atoms with Gasteiger partial charge in [-0.1, -0.05) is 45.0 Å². The number of thiazole rings is 1. The molecular formula is C27H36FN5O4S. The quantitative estimate of drug-likeness (QED) is 0.402. The molecule has 1 aromatic heterocycles. The molecule has 0 radical (unpaired) electrons. The topological polar surface area (TPSA) is 138 Å². The van der Waals surface area contributed by atoms with Crippen molar-refractivity contribution >= 4 is 29.1 Å². The molecule has 1 aliphatic carbocycles. The van der Waals surface area contributed by atoms with E-state index in [1.165, 1.54) is 4.90 Å². The van der Waals surface area contributed by atoms with Crippen LogP contribution in [-0.2, 0) is 14.4 Å². The molecule has 1 saturated heterocycles. The van der Waals surface area contributed by atoms with Crippen molar-refractivity contribution in [3.8, 4) is 10.4 Å². The number of nitrogens with zero attached hydrogens (tertiary/aromatic N) is 2. The van der Waals surface area contributed by atoms with Crippen molar-refractivity contribution < 1.29 is 23.9 Å². The van der Waals surface area contributed by atoms with Gasteiger partial charge in [-0.15, -0.1) is 11.3 Å². The van der Waals surface area contributed by atoms with Crippen LogP contribution in [-0.4, -0.2) is 69.7 Å². The molecule has 38 heavy (non-hydrogen) atoms. The zero-order valence-electron chi connectivity index (χ0n) is 22.2. The number of nitrogens with two attached hydrogens (primary N) is 1. The Labute approximate surface area is 226 Å². The molecule has 1 aromatic carbocycles. The first-order chi connectivity index (χ1) is 17.8. The molecule has 0 unspecified atom stereocenters. The van der Waals surface area contributed by atoms with Crippen molar-refractivity contribution in [3.05, 3.63) is 41.0 Å². The fourth-order valence-corrected chi connectivity index (χ4v) is 5.52. The minimum Gasteiger partial charge on any atom is -0.391 e. The van der Waals surface area contributed by atoms with Crippen LogP contribution >= 0.6 is 11.3 Å². The maximum Gasteiger partial charge on any atom is 0.258 e. The summed E-state index contributed by atoms with van der Waals surface area (Å²) in [5.41, 5.74) is 7.88. The van der Waals surface area contributed by atoms with Gasteiger partial charge in [-0.05, 0) is 36.3 Å². The standard InChI is InChI=1S/C27H36FN5O4S/c1-15-21(38-14-30-15)17-7-5-16(6-8-17)19(12-29)31-23(35)20-11-18(34)13-33(20)24(36)22(26(2,3)4)32-25(37)27(28)9-10-27/h5-8,14,18-20,22,34H,9-13,29H2,1-4H3,(H,31,35)(H,32,37)/t18-,19-,20+,22-/m1/s1. The number of aliphatic hydroxyl groups excluding tert-OH is 1. The number of aromatic nitrogens is 1. The first-order valence-electron chi connectivity index (χ1n) is 12.8. The molecule has 2 fully saturated rings. The van der Waals surface area contributed by atoms with Crippen molar-refractivity contribution in [1.82, 2.24) is 20.5 Å². The number of benzene rings is 1. The molecule has 0 bridgehead atoms. The van der Waals surface area contributed by atoms with Crippen LogP contribution in [0.15, 0.2) is 29.8 Å². The molecule has 5 N–H and O–H groups in total. The minimum absolute atomic E-state index is 0.0519. The Balaban J connectivity index is 1.48. The highest BCUT2D eigenvalue weighted by Gasteiger charge is 2.53. The summed E-state index contributed by atoms with van der Waals surface area (Å²) in [6, 6.07) is 5.18. The number of aliphatic hydroxyl groups is 1. The van der Waals surface area contributed by atoms with Gasteiger partial charge in [-0.3, -0.25) is 14.4 Å². The molecule has 2 aliphatic rings. The molecule has 2 aromatic rings. The number of aryl methyl sites for hydroxylation is 1. The van der Waals surface area contributed by atoms with Crippen molar-refractivity contribution in [2.24, 2.45) is 11.1 Å². The van der Waals surface area contributed by atoms with Gasteiger partial charge in [-0.2, -0.15) is 0 Å². The number of halogens is 1. The number of hydrogen-bond acceptors (Lipinski definition) is 7. The Morgan fingerprint density at radius 2 is 1.89 bits per heavy atom. The van der Waals surface area contributed by atoms with Gasteiger partial charge in [0.2, 0.25) is 11.8 Å². The number of hydrogen-bond donors (Lipinski definition) is 4. The van der Waals surface area contributed by atoms with Crippen LogP contribution in [0.25, 0.3) is 10.4 Å². The summed E-state index contributed by atoms with van der Waals surface area (Å²) in [6.07, 6.45) is -0.595. The smallest absolute Gasteiger partial charge is 0.258 e. The Bertz CT molecular complexity index is 1190. The highest BCUT2D eigenvalue weighted by Crippen LogP contribution is 2.40. The molecule has 2 heterocycles. The lowest BCUT2D eigenvalue weighted by molar-refractivity contribution is -0.145. The van der Waals surface area contributed by atoms with Crippen molar-refractivity contribution in [2.75, 3.05) is 13.1 Å². The van der Waals surface area contributed by atoms with E-state index in [-0.39, 0.29) is 32.4 Å². The summed E-state index contributed by atoms with van der Waals surface area (Å²) in [6.45, 7) is 7.30. The number of rotatable bonds is 8. The lowest BCUT2D eigenvalue weighted by Gasteiger charge is -2.36. The molecule has 4 rings (SSSR count). The summed E-state index contributed by atoms with van der Waals surface area (Å²) in [5.74, 6) is -1.79. The second kappa shape index (κ2) is 10.7. The minimum atomic E-state index is -1.94. The third-order valence-corrected chi connectivity index (χ3v) is 8.20. The fraction of sp³-hybridized carbons (Fsp3) is 0.556. The van der Waals surface area contributed by atoms with Gasteiger partial charge in [-0.25, -0.2) is 9.37 Å². The Kier molecular flexibility index (Phi) is 7.92. The van der Waals surface area contributed by atoms with E-state index >= 15 is 0 Å². The second-order valence-electron chi connectivity index (χ2n) is 11.3. The number of nitrogens with one attached hydrogen (secondary N) is 2. The van der Waals surface area contributed by atoms with E-state index in [1.807, 2.05) is 31.2 Å². The van der Waals surface area contributed by atoms with Crippen LogP contribution < -0.4 is 16.4 Å². The largest absolute Gasteiger partial charge is 0.391 e. The van der Waals surface area contributed by atoms with Crippen LogP contribution in [0.5, 0.6) is 0 Å². The third-order valence-electron chi connectivity index (χ3n) is 7.22. The molecule has 0 spiro atoms. The lowest BCUT2D eigenvalue weighted by atomic mass is 9.85. The van der Waals surface area contributed by atoms with E-state index < -0.39 is 53.0 Å². The van der Waals surface area contributed by atoms with Crippen LogP contribution in [0.1, 0.15) is 57.3 Å². The number of carbonyl (C=O) groups is 3. The molecule has 4 atom stereocenters. The Morgan fingerprint density at radius 1 is 1.24 bits per heavy atom. The van der Waals surface area contributed by atoms with Gasteiger partial charge >= 0.3 is 0 Å². The third kappa shape index (κ3) is 5.89. The second-order valence-corrected chi connectivity index (χ2v) is 12.2. The van der Waals surface area contributed by atoms with Crippen LogP contribution in [0.4, 0.5) is 4.39 Å². The van der Waals surface area contributed by atoms with Crippen LogP contribution in [0, 0.1) is 12.3 Å². The van der Waals surface area contributed by atoms with E-state index in [4.69, 9.17) is 5.73 Å². The number of likely N-dealkylation sites (tertiary alicyclic amines) is 1. The molecule has 206 valence electrons. The summed E-state index contributed by atoms with van der Waals surface area (Å²) < 4.78 is 14.4. The normalized spacial score (nSPS) is 22.0. The zero-order valence-corrected chi connectivity index (χ0v) is 23.0. The number of alkyl halides is 1.